The standard InChI is InChI=1S/C15H16O2/c1-17-12-4-5-14-13(8-12)11(10-16)9-15(14)6-2-3-7-15/h4-5,8-10H,2-3,6-7H2,1H3. The summed E-state index contributed by atoms with van der Waals surface area (Å²) in [6.45, 7) is 0. The van der Waals surface area contributed by atoms with Crippen LogP contribution >= 0.6 is 0 Å². The van der Waals surface area contributed by atoms with Gasteiger partial charge in [0.25, 0.3) is 0 Å². The lowest BCUT2D eigenvalue weighted by atomic mass is 9.81. The van der Waals surface area contributed by atoms with Crippen LogP contribution in [0.1, 0.15) is 36.8 Å². The van der Waals surface area contributed by atoms with E-state index in [0.29, 0.717) is 0 Å². The van der Waals surface area contributed by atoms with Gasteiger partial charge in [0.1, 0.15) is 12.0 Å². The first kappa shape index (κ1) is 10.6. The molecule has 1 aromatic rings. The minimum absolute atomic E-state index is 0.137. The van der Waals surface area contributed by atoms with Crippen molar-refractivity contribution in [1.82, 2.24) is 0 Å². The molecule has 2 aliphatic rings. The molecule has 1 spiro atoms. The second-order valence-corrected chi connectivity index (χ2v) is 4.99. The Morgan fingerprint density at radius 3 is 2.71 bits per heavy atom. The summed E-state index contributed by atoms with van der Waals surface area (Å²) in [5.41, 5.74) is 3.36. The first-order valence-electron chi connectivity index (χ1n) is 6.16. The van der Waals surface area contributed by atoms with Crippen molar-refractivity contribution in [3.05, 3.63) is 35.4 Å². The third-order valence-corrected chi connectivity index (χ3v) is 4.13. The molecule has 3 rings (SSSR count). The Kier molecular flexibility index (Phi) is 2.32. The van der Waals surface area contributed by atoms with Gasteiger partial charge in [0, 0.05) is 11.0 Å². The quantitative estimate of drug-likeness (QED) is 0.727. The van der Waals surface area contributed by atoms with Crippen LogP contribution in [0, 0.1) is 0 Å². The molecular weight excluding hydrogens is 212 g/mol. The fraction of sp³-hybridized carbons (Fsp3) is 0.400. The third kappa shape index (κ3) is 1.43. The van der Waals surface area contributed by atoms with Gasteiger partial charge in [-0.3, -0.25) is 4.79 Å². The van der Waals surface area contributed by atoms with Gasteiger partial charge in [-0.15, -0.1) is 0 Å². The number of allylic oxidation sites excluding steroid dienone is 2. The molecule has 0 radical (unpaired) electrons. The third-order valence-electron chi connectivity index (χ3n) is 4.13. The zero-order chi connectivity index (χ0) is 11.9. The first-order valence-corrected chi connectivity index (χ1v) is 6.16. The topological polar surface area (TPSA) is 26.3 Å². The highest BCUT2D eigenvalue weighted by Gasteiger charge is 2.40. The van der Waals surface area contributed by atoms with Gasteiger partial charge in [-0.05, 0) is 36.1 Å². The summed E-state index contributed by atoms with van der Waals surface area (Å²) in [5, 5.41) is 0. The number of hydrogen-bond acceptors (Lipinski definition) is 2. The highest BCUT2D eigenvalue weighted by Crippen LogP contribution is 2.50. The monoisotopic (exact) mass is 228 g/mol. The van der Waals surface area contributed by atoms with Crippen LogP contribution < -0.4 is 4.74 Å². The van der Waals surface area contributed by atoms with Gasteiger partial charge < -0.3 is 4.74 Å². The molecule has 0 bridgehead atoms. The molecule has 0 aliphatic heterocycles. The minimum atomic E-state index is 0.137. The molecule has 2 heteroatoms. The predicted octanol–water partition coefficient (Wildman–Crippen LogP) is 3.10. The highest BCUT2D eigenvalue weighted by molar-refractivity contribution is 6.10. The van der Waals surface area contributed by atoms with E-state index in [9.17, 15) is 4.79 Å². The van der Waals surface area contributed by atoms with E-state index in [1.807, 2.05) is 12.1 Å². The number of rotatable bonds is 2. The summed E-state index contributed by atoms with van der Waals surface area (Å²) in [7, 11) is 1.66. The first-order chi connectivity index (χ1) is 8.29. The SMILES string of the molecule is COc1ccc2c(c1)C(C=O)=CC21CCCC1. The van der Waals surface area contributed by atoms with Crippen molar-refractivity contribution < 1.29 is 9.53 Å². The van der Waals surface area contributed by atoms with Crippen molar-refractivity contribution >= 4 is 11.9 Å². The summed E-state index contributed by atoms with van der Waals surface area (Å²) in [5.74, 6) is 0.826. The van der Waals surface area contributed by atoms with Gasteiger partial charge >= 0.3 is 0 Å². The molecule has 1 fully saturated rings. The molecule has 0 unspecified atom stereocenters. The lowest BCUT2D eigenvalue weighted by Gasteiger charge is -2.22. The molecule has 0 heterocycles. The van der Waals surface area contributed by atoms with E-state index in [1.54, 1.807) is 7.11 Å². The molecule has 17 heavy (non-hydrogen) atoms. The molecule has 1 saturated carbocycles. The molecule has 0 amide bonds. The van der Waals surface area contributed by atoms with Gasteiger partial charge in [-0.25, -0.2) is 0 Å². The molecule has 2 nitrogen and oxygen atoms in total. The number of carbonyl (C=O) groups is 1. The van der Waals surface area contributed by atoms with E-state index >= 15 is 0 Å². The highest BCUT2D eigenvalue weighted by atomic mass is 16.5. The van der Waals surface area contributed by atoms with Gasteiger partial charge in [-0.1, -0.05) is 25.0 Å². The van der Waals surface area contributed by atoms with Crippen LogP contribution in [0.3, 0.4) is 0 Å². The molecule has 0 saturated heterocycles. The summed E-state index contributed by atoms with van der Waals surface area (Å²) in [4.78, 5) is 11.2. The number of methoxy groups -OCH3 is 1. The van der Waals surface area contributed by atoms with E-state index in [1.165, 1.54) is 31.2 Å². The van der Waals surface area contributed by atoms with E-state index in [4.69, 9.17) is 4.74 Å². The Morgan fingerprint density at radius 2 is 2.06 bits per heavy atom. The molecule has 0 aromatic heterocycles. The van der Waals surface area contributed by atoms with Crippen LogP contribution in [0.15, 0.2) is 24.3 Å². The number of fused-ring (bicyclic) bond motifs is 2. The van der Waals surface area contributed by atoms with Gasteiger partial charge in [0.15, 0.2) is 0 Å². The fourth-order valence-electron chi connectivity index (χ4n) is 3.29. The zero-order valence-corrected chi connectivity index (χ0v) is 10.0. The fourth-order valence-corrected chi connectivity index (χ4v) is 3.29. The second-order valence-electron chi connectivity index (χ2n) is 4.99. The van der Waals surface area contributed by atoms with Crippen molar-refractivity contribution in [1.29, 1.82) is 0 Å². The van der Waals surface area contributed by atoms with Crippen LogP contribution in [0.5, 0.6) is 5.75 Å². The Balaban J connectivity index is 2.16. The predicted molar refractivity (Wildman–Crippen MR) is 67.2 cm³/mol. The van der Waals surface area contributed by atoms with Gasteiger partial charge in [-0.2, -0.15) is 0 Å². The molecule has 2 aliphatic carbocycles. The van der Waals surface area contributed by atoms with Gasteiger partial charge in [0.2, 0.25) is 0 Å². The van der Waals surface area contributed by atoms with Crippen molar-refractivity contribution in [2.75, 3.05) is 7.11 Å². The normalized spacial score (nSPS) is 20.2. The van der Waals surface area contributed by atoms with Gasteiger partial charge in [0.05, 0.1) is 7.11 Å². The van der Waals surface area contributed by atoms with Crippen LogP contribution in [-0.2, 0) is 10.2 Å². The van der Waals surface area contributed by atoms with E-state index < -0.39 is 0 Å². The largest absolute Gasteiger partial charge is 0.497 e. The number of benzene rings is 1. The molecule has 1 aromatic carbocycles. The van der Waals surface area contributed by atoms with Crippen LogP contribution in [-0.4, -0.2) is 13.4 Å². The minimum Gasteiger partial charge on any atom is -0.497 e. The molecular formula is C15H16O2. The van der Waals surface area contributed by atoms with E-state index in [2.05, 4.69) is 12.1 Å². The number of aldehydes is 1. The lowest BCUT2D eigenvalue weighted by molar-refractivity contribution is -0.103. The van der Waals surface area contributed by atoms with Crippen molar-refractivity contribution in [2.24, 2.45) is 0 Å². The maximum atomic E-state index is 11.2. The summed E-state index contributed by atoms with van der Waals surface area (Å²) < 4.78 is 5.24. The van der Waals surface area contributed by atoms with Crippen LogP contribution in [0.4, 0.5) is 0 Å². The Labute approximate surface area is 101 Å². The zero-order valence-electron chi connectivity index (χ0n) is 10.0. The van der Waals surface area contributed by atoms with E-state index in [0.717, 1.165) is 23.2 Å². The molecule has 88 valence electrons. The summed E-state index contributed by atoms with van der Waals surface area (Å²) >= 11 is 0. The molecule has 0 atom stereocenters. The number of hydrogen-bond donors (Lipinski definition) is 0. The van der Waals surface area contributed by atoms with Crippen molar-refractivity contribution in [3.63, 3.8) is 0 Å². The Bertz CT molecular complexity index is 494. The van der Waals surface area contributed by atoms with E-state index in [-0.39, 0.29) is 5.41 Å². The maximum absolute atomic E-state index is 11.2. The summed E-state index contributed by atoms with van der Waals surface area (Å²) in [6.07, 6.45) is 8.01. The average molecular weight is 228 g/mol. The molecule has 0 N–H and O–H groups in total. The number of ether oxygens (including phenoxy) is 1. The Hall–Kier alpha value is -1.57. The maximum Gasteiger partial charge on any atom is 0.150 e. The Morgan fingerprint density at radius 1 is 1.29 bits per heavy atom. The second kappa shape index (κ2) is 3.73. The van der Waals surface area contributed by atoms with Crippen molar-refractivity contribution in [2.45, 2.75) is 31.1 Å². The van der Waals surface area contributed by atoms with Crippen molar-refractivity contribution in [3.8, 4) is 5.75 Å². The lowest BCUT2D eigenvalue weighted by Crippen LogP contribution is -2.16. The van der Waals surface area contributed by atoms with Crippen LogP contribution in [0.25, 0.3) is 5.57 Å². The van der Waals surface area contributed by atoms with Crippen LogP contribution in [0.2, 0.25) is 0 Å². The number of carbonyl (C=O) groups excluding carboxylic acids is 1. The average Bonchev–Trinajstić information content (AvgIpc) is 2.96. The smallest absolute Gasteiger partial charge is 0.150 e. The summed E-state index contributed by atoms with van der Waals surface area (Å²) in [6, 6.07) is 6.12.